The van der Waals surface area contributed by atoms with Crippen LogP contribution in [-0.4, -0.2) is 50.3 Å². The summed E-state index contributed by atoms with van der Waals surface area (Å²) in [5, 5.41) is 0. The zero-order valence-electron chi connectivity index (χ0n) is 12.0. The van der Waals surface area contributed by atoms with Crippen LogP contribution in [0.4, 0.5) is 0 Å². The number of carbonyl (C=O) groups is 1. The van der Waals surface area contributed by atoms with Crippen LogP contribution in [0.5, 0.6) is 0 Å². The van der Waals surface area contributed by atoms with Crippen LogP contribution >= 0.6 is 0 Å². The van der Waals surface area contributed by atoms with Crippen LogP contribution < -0.4 is 0 Å². The van der Waals surface area contributed by atoms with Gasteiger partial charge in [0.15, 0.2) is 0 Å². The molecule has 0 aromatic heterocycles. The van der Waals surface area contributed by atoms with Crippen molar-refractivity contribution < 1.29 is 14.3 Å². The average molecular weight is 257 g/mol. The summed E-state index contributed by atoms with van der Waals surface area (Å²) in [6, 6.07) is 0. The number of piperidine rings is 1. The van der Waals surface area contributed by atoms with Gasteiger partial charge < -0.3 is 14.4 Å². The lowest BCUT2D eigenvalue weighted by Gasteiger charge is -2.38. The Hall–Kier alpha value is -0.610. The third kappa shape index (κ3) is 5.36. The van der Waals surface area contributed by atoms with E-state index >= 15 is 0 Å². The van der Waals surface area contributed by atoms with Gasteiger partial charge in [0, 0.05) is 6.54 Å². The highest BCUT2D eigenvalue weighted by Crippen LogP contribution is 2.33. The smallest absolute Gasteiger partial charge is 0.332 e. The molecule has 0 radical (unpaired) electrons. The molecule has 1 aliphatic heterocycles. The Morgan fingerprint density at radius 1 is 1.28 bits per heavy atom. The van der Waals surface area contributed by atoms with E-state index in [1.54, 1.807) is 6.92 Å². The quantitative estimate of drug-likeness (QED) is 0.517. The fourth-order valence-electron chi connectivity index (χ4n) is 2.22. The first kappa shape index (κ1) is 15.4. The Labute approximate surface area is 111 Å². The van der Waals surface area contributed by atoms with Crippen molar-refractivity contribution in [2.75, 3.05) is 39.5 Å². The van der Waals surface area contributed by atoms with Gasteiger partial charge in [0.25, 0.3) is 0 Å². The molecule has 1 aliphatic rings. The minimum absolute atomic E-state index is 0.0777. The fourth-order valence-corrected chi connectivity index (χ4v) is 2.22. The standard InChI is InChI=1S/C14H27NO3/c1-4-14(3)6-8-15(9-7-14)10-11-17-12-13(16)18-5-2/h4-12H2,1-3H3. The second kappa shape index (κ2) is 7.74. The van der Waals surface area contributed by atoms with Gasteiger partial charge in [-0.2, -0.15) is 0 Å². The molecule has 0 saturated carbocycles. The van der Waals surface area contributed by atoms with Crippen LogP contribution in [0.2, 0.25) is 0 Å². The predicted octanol–water partition coefficient (Wildman–Crippen LogP) is 2.08. The van der Waals surface area contributed by atoms with E-state index in [9.17, 15) is 4.79 Å². The molecule has 0 aliphatic carbocycles. The van der Waals surface area contributed by atoms with Gasteiger partial charge in [-0.15, -0.1) is 0 Å². The normalized spacial score (nSPS) is 19.7. The zero-order valence-corrected chi connectivity index (χ0v) is 12.0. The number of likely N-dealkylation sites (tertiary alicyclic amines) is 1. The summed E-state index contributed by atoms with van der Waals surface area (Å²) < 4.78 is 10.1. The molecule has 4 nitrogen and oxygen atoms in total. The van der Waals surface area contributed by atoms with Crippen LogP contribution in [0.3, 0.4) is 0 Å². The van der Waals surface area contributed by atoms with Gasteiger partial charge >= 0.3 is 5.97 Å². The Balaban J connectivity index is 2.06. The number of esters is 1. The molecule has 0 spiro atoms. The summed E-state index contributed by atoms with van der Waals surface area (Å²) in [6.45, 7) is 10.8. The van der Waals surface area contributed by atoms with Crippen molar-refractivity contribution >= 4 is 5.97 Å². The van der Waals surface area contributed by atoms with E-state index in [0.717, 1.165) is 19.6 Å². The van der Waals surface area contributed by atoms with Crippen LogP contribution in [0.15, 0.2) is 0 Å². The molecule has 1 rings (SSSR count). The summed E-state index contributed by atoms with van der Waals surface area (Å²) in [5.41, 5.74) is 0.530. The van der Waals surface area contributed by atoms with Gasteiger partial charge in [0.1, 0.15) is 6.61 Å². The molecule has 0 N–H and O–H groups in total. The zero-order chi connectivity index (χ0) is 13.4. The van der Waals surface area contributed by atoms with E-state index in [1.165, 1.54) is 19.3 Å². The highest BCUT2D eigenvalue weighted by Gasteiger charge is 2.27. The number of nitrogens with zero attached hydrogens (tertiary/aromatic N) is 1. The van der Waals surface area contributed by atoms with Crippen molar-refractivity contribution in [3.63, 3.8) is 0 Å². The maximum atomic E-state index is 11.1. The van der Waals surface area contributed by atoms with E-state index in [0.29, 0.717) is 18.6 Å². The van der Waals surface area contributed by atoms with Crippen molar-refractivity contribution in [1.82, 2.24) is 4.90 Å². The Bertz CT molecular complexity index is 247. The lowest BCUT2D eigenvalue weighted by molar-refractivity contribution is -0.148. The third-order valence-electron chi connectivity index (χ3n) is 3.99. The van der Waals surface area contributed by atoms with E-state index < -0.39 is 0 Å². The van der Waals surface area contributed by atoms with E-state index in [2.05, 4.69) is 18.7 Å². The van der Waals surface area contributed by atoms with E-state index in [1.807, 2.05) is 0 Å². The van der Waals surface area contributed by atoms with Crippen molar-refractivity contribution in [1.29, 1.82) is 0 Å². The van der Waals surface area contributed by atoms with Gasteiger partial charge in [-0.05, 0) is 38.3 Å². The minimum Gasteiger partial charge on any atom is -0.464 e. The number of ether oxygens (including phenoxy) is 2. The Kier molecular flexibility index (Phi) is 6.65. The molecular formula is C14H27NO3. The molecule has 0 amide bonds. The summed E-state index contributed by atoms with van der Waals surface area (Å²) in [7, 11) is 0. The number of rotatable bonds is 7. The van der Waals surface area contributed by atoms with E-state index in [-0.39, 0.29) is 12.6 Å². The summed E-state index contributed by atoms with van der Waals surface area (Å²) in [6.07, 6.45) is 3.79. The molecule has 0 aromatic carbocycles. The molecule has 1 saturated heterocycles. The van der Waals surface area contributed by atoms with Gasteiger partial charge in [0.2, 0.25) is 0 Å². The first-order valence-electron chi connectivity index (χ1n) is 7.05. The molecule has 0 bridgehead atoms. The highest BCUT2D eigenvalue weighted by atomic mass is 16.6. The van der Waals surface area contributed by atoms with Gasteiger partial charge in [-0.1, -0.05) is 20.3 Å². The van der Waals surface area contributed by atoms with Crippen LogP contribution in [0.1, 0.15) is 40.0 Å². The number of hydrogen-bond acceptors (Lipinski definition) is 4. The largest absolute Gasteiger partial charge is 0.464 e. The molecule has 1 fully saturated rings. The van der Waals surface area contributed by atoms with Crippen LogP contribution in [0.25, 0.3) is 0 Å². The molecule has 106 valence electrons. The number of carbonyl (C=O) groups excluding carboxylic acids is 1. The molecule has 18 heavy (non-hydrogen) atoms. The maximum absolute atomic E-state index is 11.1. The monoisotopic (exact) mass is 257 g/mol. The van der Waals surface area contributed by atoms with Crippen molar-refractivity contribution in [2.24, 2.45) is 5.41 Å². The van der Waals surface area contributed by atoms with Crippen LogP contribution in [-0.2, 0) is 14.3 Å². The van der Waals surface area contributed by atoms with Gasteiger partial charge in [-0.3, -0.25) is 0 Å². The third-order valence-corrected chi connectivity index (χ3v) is 3.99. The lowest BCUT2D eigenvalue weighted by Crippen LogP contribution is -2.40. The molecule has 0 unspecified atom stereocenters. The second-order valence-corrected chi connectivity index (χ2v) is 5.36. The number of hydrogen-bond donors (Lipinski definition) is 0. The Morgan fingerprint density at radius 3 is 2.50 bits per heavy atom. The summed E-state index contributed by atoms with van der Waals surface area (Å²) in [5.74, 6) is -0.269. The minimum atomic E-state index is -0.269. The Morgan fingerprint density at radius 2 is 1.94 bits per heavy atom. The van der Waals surface area contributed by atoms with E-state index in [4.69, 9.17) is 9.47 Å². The topological polar surface area (TPSA) is 38.8 Å². The molecule has 4 heteroatoms. The lowest BCUT2D eigenvalue weighted by atomic mass is 9.78. The first-order chi connectivity index (χ1) is 8.59. The van der Waals surface area contributed by atoms with Gasteiger partial charge in [-0.25, -0.2) is 4.79 Å². The fraction of sp³-hybridized carbons (Fsp3) is 0.929. The summed E-state index contributed by atoms with van der Waals surface area (Å²) in [4.78, 5) is 13.5. The summed E-state index contributed by atoms with van der Waals surface area (Å²) >= 11 is 0. The molecular weight excluding hydrogens is 230 g/mol. The molecule has 0 aromatic rings. The van der Waals surface area contributed by atoms with Crippen molar-refractivity contribution in [3.8, 4) is 0 Å². The van der Waals surface area contributed by atoms with Crippen molar-refractivity contribution in [3.05, 3.63) is 0 Å². The first-order valence-corrected chi connectivity index (χ1v) is 7.05. The van der Waals surface area contributed by atoms with Crippen LogP contribution in [0, 0.1) is 5.41 Å². The average Bonchev–Trinajstić information content (AvgIpc) is 2.37. The second-order valence-electron chi connectivity index (χ2n) is 5.36. The van der Waals surface area contributed by atoms with Crippen molar-refractivity contribution in [2.45, 2.75) is 40.0 Å². The van der Waals surface area contributed by atoms with Gasteiger partial charge in [0.05, 0.1) is 13.2 Å². The molecule has 0 atom stereocenters. The maximum Gasteiger partial charge on any atom is 0.332 e. The predicted molar refractivity (Wildman–Crippen MR) is 71.5 cm³/mol. The highest BCUT2D eigenvalue weighted by molar-refractivity contribution is 5.70. The SMILES string of the molecule is CCOC(=O)COCCN1CCC(C)(CC)CC1. The molecule has 1 heterocycles.